The van der Waals surface area contributed by atoms with Crippen LogP contribution in [0, 0.1) is 11.8 Å². The molecule has 0 aromatic heterocycles. The molecule has 1 unspecified atom stereocenters. The number of aliphatic hydroxyl groups is 1. The number of epoxide rings is 1. The lowest BCUT2D eigenvalue weighted by molar-refractivity contribution is 0.281. The van der Waals surface area contributed by atoms with E-state index in [4.69, 9.17) is 16.3 Å². The molecular weight excluding hydrogens is 374 g/mol. The number of aliphatic hydroxyl groups excluding tert-OH is 1. The predicted molar refractivity (Wildman–Crippen MR) is 116 cm³/mol. The van der Waals surface area contributed by atoms with Gasteiger partial charge in [-0.25, -0.2) is 0 Å². The quantitative estimate of drug-likeness (QED) is 0.267. The van der Waals surface area contributed by atoms with Gasteiger partial charge in [0.2, 0.25) is 0 Å². The fourth-order valence-corrected chi connectivity index (χ4v) is 3.67. The highest BCUT2D eigenvalue weighted by atomic mass is 35.5. The molecule has 28 heavy (non-hydrogen) atoms. The first-order chi connectivity index (χ1) is 13.2. The van der Waals surface area contributed by atoms with E-state index < -0.39 is 0 Å². The Morgan fingerprint density at radius 3 is 2.46 bits per heavy atom. The number of hydrogen-bond acceptors (Lipinski definition) is 4. The summed E-state index contributed by atoms with van der Waals surface area (Å²) in [6.07, 6.45) is 9.54. The smallest absolute Gasteiger partial charge is 0.130 e. The summed E-state index contributed by atoms with van der Waals surface area (Å²) in [6.45, 7) is 10.2. The second kappa shape index (κ2) is 9.82. The summed E-state index contributed by atoms with van der Waals surface area (Å²) in [5.74, 6) is 0. The number of benzene rings is 1. The lowest BCUT2D eigenvalue weighted by atomic mass is 9.99. The standard InChI is InChI=1S/C23H32ClNO3/c1-15(7-6-8-16(2)10-12-20-23(4,5)28-20)9-11-18-13-19(14-26)17(3)21(24)22(18)25-27/h8-9,13,20,26H,6-7,10-12,14H2,1-5H3/b15-9+,16-8+. The van der Waals surface area contributed by atoms with Gasteiger partial charge in [-0.2, -0.15) is 0 Å². The Kier molecular flexibility index (Phi) is 7.99. The highest BCUT2D eigenvalue weighted by Gasteiger charge is 2.46. The first kappa shape index (κ1) is 22.8. The van der Waals surface area contributed by atoms with Gasteiger partial charge >= 0.3 is 0 Å². The molecule has 0 spiro atoms. The van der Waals surface area contributed by atoms with Gasteiger partial charge < -0.3 is 9.84 Å². The van der Waals surface area contributed by atoms with Crippen LogP contribution < -0.4 is 0 Å². The van der Waals surface area contributed by atoms with Gasteiger partial charge in [0, 0.05) is 0 Å². The topological polar surface area (TPSA) is 62.2 Å². The Bertz CT molecular complexity index is 781. The third-order valence-electron chi connectivity index (χ3n) is 5.60. The van der Waals surface area contributed by atoms with E-state index in [-0.39, 0.29) is 17.9 Å². The monoisotopic (exact) mass is 405 g/mol. The average molecular weight is 406 g/mol. The van der Waals surface area contributed by atoms with Crippen molar-refractivity contribution in [2.45, 2.75) is 85.0 Å². The van der Waals surface area contributed by atoms with Crippen LogP contribution in [-0.4, -0.2) is 16.8 Å². The molecule has 1 N–H and O–H groups in total. The summed E-state index contributed by atoms with van der Waals surface area (Å²) in [7, 11) is 0. The molecule has 0 radical (unpaired) electrons. The van der Waals surface area contributed by atoms with Crippen molar-refractivity contribution in [3.05, 3.63) is 56.0 Å². The van der Waals surface area contributed by atoms with Crippen LogP contribution in [0.15, 0.2) is 34.5 Å². The van der Waals surface area contributed by atoms with E-state index in [0.29, 0.717) is 23.1 Å². The molecule has 1 fully saturated rings. The molecule has 4 nitrogen and oxygen atoms in total. The van der Waals surface area contributed by atoms with E-state index in [0.717, 1.165) is 36.8 Å². The van der Waals surface area contributed by atoms with Crippen LogP contribution in [0.25, 0.3) is 0 Å². The van der Waals surface area contributed by atoms with Gasteiger partial charge in [-0.05, 0) is 88.6 Å². The van der Waals surface area contributed by atoms with E-state index >= 15 is 0 Å². The highest BCUT2D eigenvalue weighted by molar-refractivity contribution is 6.34. The summed E-state index contributed by atoms with van der Waals surface area (Å²) >= 11 is 6.25. The van der Waals surface area contributed by atoms with Crippen LogP contribution in [-0.2, 0) is 17.8 Å². The molecule has 0 saturated carbocycles. The van der Waals surface area contributed by atoms with Crippen molar-refractivity contribution in [1.29, 1.82) is 0 Å². The minimum absolute atomic E-state index is 0.0730. The molecule has 0 amide bonds. The Balaban J connectivity index is 1.89. The number of allylic oxidation sites excluding steroid dienone is 4. The average Bonchev–Trinajstić information content (AvgIpc) is 3.27. The van der Waals surface area contributed by atoms with Crippen LogP contribution >= 0.6 is 11.6 Å². The summed E-state index contributed by atoms with van der Waals surface area (Å²) < 4.78 is 5.63. The van der Waals surface area contributed by atoms with Crippen molar-refractivity contribution in [3.8, 4) is 0 Å². The zero-order valence-electron chi connectivity index (χ0n) is 17.6. The third kappa shape index (κ3) is 6.00. The van der Waals surface area contributed by atoms with Crippen molar-refractivity contribution >= 4 is 17.3 Å². The molecule has 154 valence electrons. The molecule has 1 aromatic rings. The van der Waals surface area contributed by atoms with Gasteiger partial charge in [0.1, 0.15) is 5.69 Å². The molecule has 2 rings (SSSR count). The van der Waals surface area contributed by atoms with Crippen LogP contribution in [0.4, 0.5) is 5.69 Å². The lowest BCUT2D eigenvalue weighted by Crippen LogP contribution is -2.02. The Hall–Kier alpha value is -1.49. The lowest BCUT2D eigenvalue weighted by Gasteiger charge is -2.11. The van der Waals surface area contributed by atoms with Crippen LogP contribution in [0.5, 0.6) is 0 Å². The molecule has 1 aliphatic rings. The summed E-state index contributed by atoms with van der Waals surface area (Å²) in [4.78, 5) is 11.2. The first-order valence-corrected chi connectivity index (χ1v) is 10.3. The Morgan fingerprint density at radius 2 is 1.89 bits per heavy atom. The van der Waals surface area contributed by atoms with Crippen LogP contribution in [0.2, 0.25) is 5.02 Å². The van der Waals surface area contributed by atoms with Gasteiger partial charge in [-0.15, -0.1) is 4.91 Å². The molecule has 0 bridgehead atoms. The minimum atomic E-state index is -0.104. The maximum absolute atomic E-state index is 11.2. The fourth-order valence-electron chi connectivity index (χ4n) is 3.40. The second-order valence-corrected chi connectivity index (χ2v) is 8.70. The van der Waals surface area contributed by atoms with Crippen molar-refractivity contribution in [3.63, 3.8) is 0 Å². The fraction of sp³-hybridized carbons (Fsp3) is 0.565. The molecule has 1 aliphatic heterocycles. The maximum Gasteiger partial charge on any atom is 0.130 e. The minimum Gasteiger partial charge on any atom is -0.392 e. The third-order valence-corrected chi connectivity index (χ3v) is 6.06. The van der Waals surface area contributed by atoms with Gasteiger partial charge in [0.05, 0.1) is 23.3 Å². The molecule has 1 atom stereocenters. The Labute approximate surface area is 173 Å². The molecule has 1 heterocycles. The summed E-state index contributed by atoms with van der Waals surface area (Å²) in [5.41, 5.74) is 5.22. The van der Waals surface area contributed by atoms with Crippen molar-refractivity contribution in [1.82, 2.24) is 0 Å². The van der Waals surface area contributed by atoms with E-state index in [1.54, 1.807) is 6.92 Å². The van der Waals surface area contributed by atoms with Crippen molar-refractivity contribution in [2.24, 2.45) is 5.18 Å². The van der Waals surface area contributed by atoms with E-state index in [2.05, 4.69) is 45.0 Å². The number of halogens is 1. The van der Waals surface area contributed by atoms with Crippen molar-refractivity contribution in [2.75, 3.05) is 0 Å². The SMILES string of the molecule is C/C(=C\Cc1cc(CO)c(C)c(Cl)c1N=O)CC/C=C(\C)CCC1OC1(C)C. The van der Waals surface area contributed by atoms with Gasteiger partial charge in [0.25, 0.3) is 0 Å². The van der Waals surface area contributed by atoms with Gasteiger partial charge in [-0.1, -0.05) is 41.0 Å². The number of nitrogens with zero attached hydrogens (tertiary/aromatic N) is 1. The largest absolute Gasteiger partial charge is 0.392 e. The second-order valence-electron chi connectivity index (χ2n) is 8.32. The zero-order chi connectivity index (χ0) is 20.9. The Morgan fingerprint density at radius 1 is 1.25 bits per heavy atom. The van der Waals surface area contributed by atoms with Gasteiger partial charge in [-0.3, -0.25) is 0 Å². The van der Waals surface area contributed by atoms with Crippen molar-refractivity contribution < 1.29 is 9.84 Å². The number of hydrogen-bond donors (Lipinski definition) is 1. The highest BCUT2D eigenvalue weighted by Crippen LogP contribution is 2.39. The summed E-state index contributed by atoms with van der Waals surface area (Å²) in [5, 5.41) is 12.9. The molecule has 5 heteroatoms. The van der Waals surface area contributed by atoms with Crippen LogP contribution in [0.3, 0.4) is 0 Å². The number of rotatable bonds is 10. The molecule has 0 aliphatic carbocycles. The maximum atomic E-state index is 11.2. The molecular formula is C23H32ClNO3. The van der Waals surface area contributed by atoms with E-state index in [9.17, 15) is 10.0 Å². The molecule has 1 saturated heterocycles. The summed E-state index contributed by atoms with van der Waals surface area (Å²) in [6, 6.07) is 1.83. The normalized spacial score (nSPS) is 19.0. The predicted octanol–water partition coefficient (Wildman–Crippen LogP) is 6.71. The van der Waals surface area contributed by atoms with E-state index in [1.165, 1.54) is 11.1 Å². The molecule has 1 aromatic carbocycles. The number of ether oxygens (including phenoxy) is 1. The van der Waals surface area contributed by atoms with E-state index in [1.807, 2.05) is 6.07 Å². The zero-order valence-corrected chi connectivity index (χ0v) is 18.4. The van der Waals surface area contributed by atoms with Gasteiger partial charge in [0.15, 0.2) is 0 Å². The number of nitroso groups, excluding NO2 is 1. The van der Waals surface area contributed by atoms with Crippen LogP contribution in [0.1, 0.15) is 70.1 Å². The first-order valence-electron chi connectivity index (χ1n) is 9.93.